The molecule has 5 N–H and O–H groups in total. The molecule has 1 unspecified atom stereocenters. The zero-order valence-electron chi connectivity index (χ0n) is 23.1. The Hall–Kier alpha value is -5.07. The highest BCUT2D eigenvalue weighted by Gasteiger charge is 2.34. The summed E-state index contributed by atoms with van der Waals surface area (Å²) in [5.41, 5.74) is 15.6. The number of nitrogen functional groups attached to an aromatic ring is 1. The SMILES string of the molecule is Cc1cc(C(=O)Nc2cc(C(N)(CCC3CC3)c3cccc(C#N)c3)ccc2F)n(-c2ccc3ccnc(N)c3c2)n1. The molecule has 1 amide bonds. The van der Waals surface area contributed by atoms with E-state index < -0.39 is 17.3 Å². The molecule has 1 saturated carbocycles. The molecule has 0 bridgehead atoms. The standard InChI is InChI=1S/C33H30FN7O/c1-20-15-30(41(40-20)26-9-7-23-12-14-38-31(36)27(23)18-26)32(42)39-29-17-25(8-10-28(29)34)33(37,13-11-21-5-6-21)24-4-2-3-22(16-24)19-35/h2-4,7-10,12,14-18,21H,5-6,11,13,37H2,1H3,(H2,36,38)(H,39,42). The minimum absolute atomic E-state index is 0.00698. The van der Waals surface area contributed by atoms with Crippen LogP contribution in [-0.2, 0) is 5.54 Å². The molecule has 210 valence electrons. The van der Waals surface area contributed by atoms with Crippen LogP contribution >= 0.6 is 0 Å². The quantitative estimate of drug-likeness (QED) is 0.214. The third-order valence-corrected chi connectivity index (χ3v) is 7.97. The van der Waals surface area contributed by atoms with Gasteiger partial charge in [-0.1, -0.05) is 37.1 Å². The summed E-state index contributed by atoms with van der Waals surface area (Å²) in [6, 6.07) is 23.0. The van der Waals surface area contributed by atoms with E-state index in [-0.39, 0.29) is 11.4 Å². The molecule has 6 rings (SSSR count). The third kappa shape index (κ3) is 5.20. The van der Waals surface area contributed by atoms with Crippen molar-refractivity contribution in [2.75, 3.05) is 11.1 Å². The van der Waals surface area contributed by atoms with Crippen LogP contribution in [-0.4, -0.2) is 20.7 Å². The van der Waals surface area contributed by atoms with Gasteiger partial charge < -0.3 is 16.8 Å². The van der Waals surface area contributed by atoms with Gasteiger partial charge >= 0.3 is 0 Å². The third-order valence-electron chi connectivity index (χ3n) is 7.97. The molecule has 0 saturated heterocycles. The summed E-state index contributed by atoms with van der Waals surface area (Å²) < 4.78 is 16.7. The Bertz CT molecular complexity index is 1870. The van der Waals surface area contributed by atoms with E-state index in [1.165, 1.54) is 23.6 Å². The van der Waals surface area contributed by atoms with Crippen LogP contribution in [0.3, 0.4) is 0 Å². The molecule has 0 spiro atoms. The zero-order valence-corrected chi connectivity index (χ0v) is 23.1. The normalized spacial score (nSPS) is 14.3. The first-order valence-electron chi connectivity index (χ1n) is 13.9. The molecule has 3 aromatic carbocycles. The number of hydrogen-bond acceptors (Lipinski definition) is 6. The van der Waals surface area contributed by atoms with E-state index in [1.807, 2.05) is 30.3 Å². The first-order valence-corrected chi connectivity index (χ1v) is 13.9. The van der Waals surface area contributed by atoms with Crippen LogP contribution in [0, 0.1) is 30.0 Å². The number of fused-ring (bicyclic) bond motifs is 1. The number of aryl methyl sites for hydroxylation is 1. The summed E-state index contributed by atoms with van der Waals surface area (Å²) in [7, 11) is 0. The van der Waals surface area contributed by atoms with Crippen LogP contribution in [0.25, 0.3) is 16.5 Å². The van der Waals surface area contributed by atoms with E-state index in [4.69, 9.17) is 11.5 Å². The molecule has 0 radical (unpaired) electrons. The Kier molecular flexibility index (Phi) is 6.93. The average Bonchev–Trinajstić information content (AvgIpc) is 3.75. The molecule has 42 heavy (non-hydrogen) atoms. The number of anilines is 2. The number of carbonyl (C=O) groups excluding carboxylic acids is 1. The van der Waals surface area contributed by atoms with E-state index in [0.717, 1.165) is 22.8 Å². The number of nitrogens with two attached hydrogens (primary N) is 2. The maximum Gasteiger partial charge on any atom is 0.274 e. The van der Waals surface area contributed by atoms with Crippen molar-refractivity contribution in [1.29, 1.82) is 5.26 Å². The van der Waals surface area contributed by atoms with Crippen molar-refractivity contribution in [1.82, 2.24) is 14.8 Å². The monoisotopic (exact) mass is 559 g/mol. The number of amides is 1. The van der Waals surface area contributed by atoms with Crippen molar-refractivity contribution in [2.24, 2.45) is 11.7 Å². The lowest BCUT2D eigenvalue weighted by atomic mass is 9.79. The molecule has 0 aliphatic heterocycles. The predicted molar refractivity (Wildman–Crippen MR) is 160 cm³/mol. The summed E-state index contributed by atoms with van der Waals surface area (Å²) in [4.78, 5) is 17.8. The van der Waals surface area contributed by atoms with Gasteiger partial charge in [-0.05, 0) is 90.7 Å². The first-order chi connectivity index (χ1) is 20.2. The second-order valence-corrected chi connectivity index (χ2v) is 11.0. The highest BCUT2D eigenvalue weighted by molar-refractivity contribution is 6.04. The molecule has 1 aliphatic rings. The molecule has 2 heterocycles. The number of carbonyl (C=O) groups is 1. The fraction of sp³-hybridized carbons (Fsp3) is 0.212. The molecular weight excluding hydrogens is 529 g/mol. The number of benzene rings is 3. The minimum atomic E-state index is -0.972. The van der Waals surface area contributed by atoms with Crippen LogP contribution in [0.2, 0.25) is 0 Å². The van der Waals surface area contributed by atoms with E-state index in [0.29, 0.717) is 40.7 Å². The number of nitrogens with one attached hydrogen (secondary N) is 1. The lowest BCUT2D eigenvalue weighted by molar-refractivity contribution is 0.101. The van der Waals surface area contributed by atoms with Crippen LogP contribution < -0.4 is 16.8 Å². The molecule has 1 fully saturated rings. The smallest absolute Gasteiger partial charge is 0.274 e. The van der Waals surface area contributed by atoms with Crippen molar-refractivity contribution in [3.8, 4) is 11.8 Å². The van der Waals surface area contributed by atoms with Gasteiger partial charge in [0.05, 0.1) is 34.2 Å². The van der Waals surface area contributed by atoms with Crippen LogP contribution in [0.1, 0.15) is 58.6 Å². The number of halogens is 1. The average molecular weight is 560 g/mol. The summed E-state index contributed by atoms with van der Waals surface area (Å²) in [5, 5.41) is 18.4. The summed E-state index contributed by atoms with van der Waals surface area (Å²) in [6.45, 7) is 1.78. The Morgan fingerprint density at radius 3 is 2.71 bits per heavy atom. The Balaban J connectivity index is 1.35. The molecular formula is C33H30FN7O. The van der Waals surface area contributed by atoms with Gasteiger partial charge in [-0.25, -0.2) is 14.1 Å². The largest absolute Gasteiger partial charge is 0.383 e. The van der Waals surface area contributed by atoms with Gasteiger partial charge in [0.15, 0.2) is 0 Å². The lowest BCUT2D eigenvalue weighted by Gasteiger charge is -2.32. The second kappa shape index (κ2) is 10.7. The number of rotatable bonds is 8. The second-order valence-electron chi connectivity index (χ2n) is 11.0. The van der Waals surface area contributed by atoms with Gasteiger partial charge in [0.2, 0.25) is 0 Å². The van der Waals surface area contributed by atoms with Crippen molar-refractivity contribution in [3.05, 3.63) is 113 Å². The molecule has 8 nitrogen and oxygen atoms in total. The van der Waals surface area contributed by atoms with Crippen LogP contribution in [0.15, 0.2) is 79.0 Å². The van der Waals surface area contributed by atoms with Gasteiger partial charge in [0, 0.05) is 11.6 Å². The highest BCUT2D eigenvalue weighted by atomic mass is 19.1. The van der Waals surface area contributed by atoms with Crippen molar-refractivity contribution in [2.45, 2.75) is 38.1 Å². The molecule has 2 aromatic heterocycles. The van der Waals surface area contributed by atoms with E-state index in [2.05, 4.69) is 21.5 Å². The maximum absolute atomic E-state index is 15.2. The van der Waals surface area contributed by atoms with E-state index in [9.17, 15) is 10.1 Å². The minimum Gasteiger partial charge on any atom is -0.383 e. The van der Waals surface area contributed by atoms with Gasteiger partial charge in [-0.2, -0.15) is 10.4 Å². The maximum atomic E-state index is 15.2. The van der Waals surface area contributed by atoms with Gasteiger partial charge in [0.1, 0.15) is 17.3 Å². The van der Waals surface area contributed by atoms with Gasteiger partial charge in [-0.3, -0.25) is 4.79 Å². The predicted octanol–water partition coefficient (Wildman–Crippen LogP) is 5.97. The van der Waals surface area contributed by atoms with Gasteiger partial charge in [0.25, 0.3) is 5.91 Å². The summed E-state index contributed by atoms with van der Waals surface area (Å²) in [5.74, 6) is -0.125. The summed E-state index contributed by atoms with van der Waals surface area (Å²) in [6.07, 6.45) is 5.52. The van der Waals surface area contributed by atoms with Crippen molar-refractivity contribution in [3.63, 3.8) is 0 Å². The first kappa shape index (κ1) is 27.1. The number of nitrogens with zero attached hydrogens (tertiary/aromatic N) is 4. The zero-order chi connectivity index (χ0) is 29.4. The Morgan fingerprint density at radius 2 is 1.93 bits per heavy atom. The number of pyridine rings is 1. The molecule has 9 heteroatoms. The van der Waals surface area contributed by atoms with Crippen molar-refractivity contribution < 1.29 is 9.18 Å². The van der Waals surface area contributed by atoms with Crippen molar-refractivity contribution >= 4 is 28.2 Å². The van der Waals surface area contributed by atoms with Crippen LogP contribution in [0.4, 0.5) is 15.9 Å². The van der Waals surface area contributed by atoms with E-state index in [1.54, 1.807) is 49.5 Å². The number of hydrogen-bond donors (Lipinski definition) is 3. The van der Waals surface area contributed by atoms with Crippen LogP contribution in [0.5, 0.6) is 0 Å². The Morgan fingerprint density at radius 1 is 1.12 bits per heavy atom. The topological polar surface area (TPSA) is 136 Å². The fourth-order valence-electron chi connectivity index (χ4n) is 5.41. The highest BCUT2D eigenvalue weighted by Crippen LogP contribution is 2.40. The Labute approximate surface area is 242 Å². The summed E-state index contributed by atoms with van der Waals surface area (Å²) >= 11 is 0. The lowest BCUT2D eigenvalue weighted by Crippen LogP contribution is -2.38. The molecule has 1 atom stereocenters. The van der Waals surface area contributed by atoms with Gasteiger partial charge in [-0.15, -0.1) is 0 Å². The fourth-order valence-corrected chi connectivity index (χ4v) is 5.41. The van der Waals surface area contributed by atoms with E-state index >= 15 is 4.39 Å². The number of aromatic nitrogens is 3. The molecule has 1 aliphatic carbocycles. The molecule has 5 aromatic rings. The number of nitriles is 1.